The van der Waals surface area contributed by atoms with E-state index in [1.54, 1.807) is 13.0 Å². The molecule has 0 aliphatic heterocycles. The Balaban J connectivity index is 2.44. The van der Waals surface area contributed by atoms with Gasteiger partial charge in [-0.2, -0.15) is 5.10 Å². The van der Waals surface area contributed by atoms with Crippen LogP contribution in [-0.2, 0) is 10.0 Å². The van der Waals surface area contributed by atoms with Gasteiger partial charge in [-0.25, -0.2) is 12.8 Å². The minimum atomic E-state index is -3.86. The SMILES string of the molecule is Cc1[nH]ncc1S(=O)(=O)Nc1c(F)cccc1Br. The van der Waals surface area contributed by atoms with E-state index in [4.69, 9.17) is 0 Å². The minimum absolute atomic E-state index is 0.0161. The number of para-hydroxylation sites is 1. The van der Waals surface area contributed by atoms with Crippen LogP contribution in [0.4, 0.5) is 10.1 Å². The molecule has 0 saturated heterocycles. The third kappa shape index (κ3) is 2.39. The first kappa shape index (κ1) is 13.0. The first-order valence-electron chi connectivity index (χ1n) is 4.88. The molecule has 0 fully saturated rings. The van der Waals surface area contributed by atoms with Crippen LogP contribution in [0.25, 0.3) is 0 Å². The molecule has 96 valence electrons. The number of hydrogen-bond acceptors (Lipinski definition) is 3. The molecular weight excluding hydrogens is 325 g/mol. The van der Waals surface area contributed by atoms with Crippen LogP contribution in [0.3, 0.4) is 0 Å². The van der Waals surface area contributed by atoms with E-state index in [0.29, 0.717) is 10.2 Å². The number of aromatic amines is 1. The van der Waals surface area contributed by atoms with Gasteiger partial charge in [0.05, 0.1) is 17.6 Å². The van der Waals surface area contributed by atoms with Gasteiger partial charge in [-0.3, -0.25) is 9.82 Å². The largest absolute Gasteiger partial charge is 0.281 e. The Labute approximate surface area is 112 Å². The summed E-state index contributed by atoms with van der Waals surface area (Å²) in [6.07, 6.45) is 1.17. The van der Waals surface area contributed by atoms with E-state index in [0.717, 1.165) is 0 Å². The molecule has 0 atom stereocenters. The molecule has 18 heavy (non-hydrogen) atoms. The van der Waals surface area contributed by atoms with Crippen molar-refractivity contribution in [3.8, 4) is 0 Å². The van der Waals surface area contributed by atoms with Crippen LogP contribution < -0.4 is 4.72 Å². The highest BCUT2D eigenvalue weighted by molar-refractivity contribution is 9.10. The zero-order valence-corrected chi connectivity index (χ0v) is 11.6. The highest BCUT2D eigenvalue weighted by atomic mass is 79.9. The topological polar surface area (TPSA) is 74.8 Å². The summed E-state index contributed by atoms with van der Waals surface area (Å²) in [4.78, 5) is -0.0161. The maximum atomic E-state index is 13.5. The predicted octanol–water partition coefficient (Wildman–Crippen LogP) is 2.42. The maximum absolute atomic E-state index is 13.5. The Hall–Kier alpha value is -1.41. The number of nitrogens with zero attached hydrogens (tertiary/aromatic N) is 1. The fourth-order valence-corrected chi connectivity index (χ4v) is 3.19. The van der Waals surface area contributed by atoms with Gasteiger partial charge in [0, 0.05) is 4.47 Å². The first-order valence-corrected chi connectivity index (χ1v) is 7.16. The molecule has 2 aromatic rings. The van der Waals surface area contributed by atoms with Crippen molar-refractivity contribution >= 4 is 31.6 Å². The van der Waals surface area contributed by atoms with Gasteiger partial charge in [0.15, 0.2) is 0 Å². The monoisotopic (exact) mass is 333 g/mol. The molecule has 8 heteroatoms. The van der Waals surface area contributed by atoms with Crippen molar-refractivity contribution in [2.45, 2.75) is 11.8 Å². The number of aryl methyl sites for hydroxylation is 1. The molecule has 2 N–H and O–H groups in total. The summed E-state index contributed by atoms with van der Waals surface area (Å²) < 4.78 is 40.1. The number of halogens is 2. The summed E-state index contributed by atoms with van der Waals surface area (Å²) in [5, 5.41) is 6.14. The molecule has 0 radical (unpaired) electrons. The number of hydrogen-bond donors (Lipinski definition) is 2. The molecule has 1 aromatic carbocycles. The molecule has 5 nitrogen and oxygen atoms in total. The number of anilines is 1. The average Bonchev–Trinajstić information content (AvgIpc) is 2.71. The van der Waals surface area contributed by atoms with Crippen molar-refractivity contribution in [1.82, 2.24) is 10.2 Å². The normalized spacial score (nSPS) is 11.5. The highest BCUT2D eigenvalue weighted by Crippen LogP contribution is 2.27. The van der Waals surface area contributed by atoms with Gasteiger partial charge in [0.2, 0.25) is 0 Å². The van der Waals surface area contributed by atoms with Crippen molar-refractivity contribution in [2.75, 3.05) is 4.72 Å². The highest BCUT2D eigenvalue weighted by Gasteiger charge is 2.21. The number of H-pyrrole nitrogens is 1. The fourth-order valence-electron chi connectivity index (χ4n) is 1.40. The molecule has 0 spiro atoms. The van der Waals surface area contributed by atoms with E-state index in [1.807, 2.05) is 0 Å². The molecule has 0 bridgehead atoms. The Morgan fingerprint density at radius 1 is 1.44 bits per heavy atom. The van der Waals surface area contributed by atoms with Crippen molar-refractivity contribution < 1.29 is 12.8 Å². The summed E-state index contributed by atoms with van der Waals surface area (Å²) in [6, 6.07) is 4.19. The molecule has 0 aliphatic carbocycles. The summed E-state index contributed by atoms with van der Waals surface area (Å²) in [6.45, 7) is 1.57. The molecule has 1 heterocycles. The van der Waals surface area contributed by atoms with Crippen molar-refractivity contribution in [3.05, 3.63) is 40.4 Å². The van der Waals surface area contributed by atoms with Crippen molar-refractivity contribution in [2.24, 2.45) is 0 Å². The van der Waals surface area contributed by atoms with Gasteiger partial charge < -0.3 is 0 Å². The van der Waals surface area contributed by atoms with E-state index < -0.39 is 15.8 Å². The number of benzene rings is 1. The van der Waals surface area contributed by atoms with Crippen LogP contribution in [0, 0.1) is 12.7 Å². The molecule has 0 unspecified atom stereocenters. The molecule has 2 rings (SSSR count). The van der Waals surface area contributed by atoms with Crippen LogP contribution in [0.1, 0.15) is 5.69 Å². The van der Waals surface area contributed by atoms with Crippen LogP contribution >= 0.6 is 15.9 Å². The molecule has 0 aliphatic rings. The lowest BCUT2D eigenvalue weighted by Gasteiger charge is -2.09. The van der Waals surface area contributed by atoms with Gasteiger partial charge in [0.1, 0.15) is 10.7 Å². The first-order chi connectivity index (χ1) is 8.42. The van der Waals surface area contributed by atoms with Gasteiger partial charge >= 0.3 is 0 Å². The zero-order valence-electron chi connectivity index (χ0n) is 9.24. The summed E-state index contributed by atoms with van der Waals surface area (Å²) in [5.74, 6) is -0.658. The Morgan fingerprint density at radius 2 is 2.17 bits per heavy atom. The lowest BCUT2D eigenvalue weighted by molar-refractivity contribution is 0.598. The molecule has 0 amide bonds. The second-order valence-electron chi connectivity index (χ2n) is 3.56. The fraction of sp³-hybridized carbons (Fsp3) is 0.100. The number of sulfonamides is 1. The van der Waals surface area contributed by atoms with Gasteiger partial charge in [-0.15, -0.1) is 0 Å². The van der Waals surface area contributed by atoms with Crippen LogP contribution in [-0.4, -0.2) is 18.6 Å². The quantitative estimate of drug-likeness (QED) is 0.905. The summed E-state index contributed by atoms with van der Waals surface area (Å²) >= 11 is 3.09. The van der Waals surface area contributed by atoms with Crippen LogP contribution in [0.15, 0.2) is 33.8 Å². The van der Waals surface area contributed by atoms with Crippen molar-refractivity contribution in [3.63, 3.8) is 0 Å². The van der Waals surface area contributed by atoms with Crippen LogP contribution in [0.5, 0.6) is 0 Å². The van der Waals surface area contributed by atoms with Gasteiger partial charge in [0.25, 0.3) is 10.0 Å². The average molecular weight is 334 g/mol. The molecular formula is C10H9BrFN3O2S. The van der Waals surface area contributed by atoms with Gasteiger partial charge in [-0.1, -0.05) is 6.07 Å². The van der Waals surface area contributed by atoms with E-state index in [1.165, 1.54) is 18.3 Å². The number of rotatable bonds is 3. The third-order valence-corrected chi connectivity index (χ3v) is 4.40. The number of nitrogens with one attached hydrogen (secondary N) is 2. The van der Waals surface area contributed by atoms with E-state index >= 15 is 0 Å². The summed E-state index contributed by atoms with van der Waals surface area (Å²) in [5.41, 5.74) is 0.257. The minimum Gasteiger partial charge on any atom is -0.281 e. The molecule has 1 aromatic heterocycles. The van der Waals surface area contributed by atoms with Crippen molar-refractivity contribution in [1.29, 1.82) is 0 Å². The lowest BCUT2D eigenvalue weighted by atomic mass is 10.3. The lowest BCUT2D eigenvalue weighted by Crippen LogP contribution is -2.14. The smallest absolute Gasteiger partial charge is 0.265 e. The Bertz CT molecular complexity index is 664. The second-order valence-corrected chi connectivity index (χ2v) is 6.07. The third-order valence-electron chi connectivity index (χ3n) is 2.27. The van der Waals surface area contributed by atoms with E-state index in [2.05, 4.69) is 30.8 Å². The molecule has 0 saturated carbocycles. The van der Waals surface area contributed by atoms with E-state index in [9.17, 15) is 12.8 Å². The Morgan fingerprint density at radius 3 is 2.72 bits per heavy atom. The zero-order chi connectivity index (χ0) is 13.3. The predicted molar refractivity (Wildman–Crippen MR) is 68.2 cm³/mol. The Kier molecular flexibility index (Phi) is 3.40. The van der Waals surface area contributed by atoms with Crippen LogP contribution in [0.2, 0.25) is 0 Å². The van der Waals surface area contributed by atoms with Gasteiger partial charge in [-0.05, 0) is 35.0 Å². The second kappa shape index (κ2) is 4.69. The summed E-state index contributed by atoms with van der Waals surface area (Å²) in [7, 11) is -3.86. The number of aromatic nitrogens is 2. The maximum Gasteiger partial charge on any atom is 0.265 e. The van der Waals surface area contributed by atoms with E-state index in [-0.39, 0.29) is 10.6 Å². The standard InChI is InChI=1S/C10H9BrFN3O2S/c1-6-9(5-13-14-6)18(16,17)15-10-7(11)3-2-4-8(10)12/h2-5,15H,1H3,(H,13,14).